The van der Waals surface area contributed by atoms with E-state index in [2.05, 4.69) is 21.4 Å². The van der Waals surface area contributed by atoms with Crippen molar-refractivity contribution in [2.75, 3.05) is 31.1 Å². The number of ether oxygens (including phenoxy) is 1. The van der Waals surface area contributed by atoms with E-state index in [9.17, 15) is 20.0 Å². The third-order valence-corrected chi connectivity index (χ3v) is 5.66. The number of hydrogen-bond acceptors (Lipinski definition) is 8. The minimum atomic E-state index is -1.18. The van der Waals surface area contributed by atoms with Crippen LogP contribution in [0.5, 0.6) is 0 Å². The number of benzene rings is 1. The molecular formula is C22H24N6O4. The van der Waals surface area contributed by atoms with Crippen molar-refractivity contribution in [3.63, 3.8) is 0 Å². The maximum atomic E-state index is 12.7. The maximum absolute atomic E-state index is 12.7. The van der Waals surface area contributed by atoms with Crippen molar-refractivity contribution in [1.29, 1.82) is 5.26 Å². The highest BCUT2D eigenvalue weighted by Gasteiger charge is 2.34. The molecule has 10 nitrogen and oxygen atoms in total. The van der Waals surface area contributed by atoms with Crippen LogP contribution in [0.3, 0.4) is 0 Å². The van der Waals surface area contributed by atoms with Crippen LogP contribution in [0.2, 0.25) is 0 Å². The molecule has 1 atom stereocenters. The number of rotatable bonds is 5. The van der Waals surface area contributed by atoms with Gasteiger partial charge in [0, 0.05) is 31.7 Å². The van der Waals surface area contributed by atoms with Crippen LogP contribution in [0, 0.1) is 11.3 Å². The van der Waals surface area contributed by atoms with Gasteiger partial charge in [0.05, 0.1) is 24.2 Å². The number of nitrogens with zero attached hydrogens (tertiary/aromatic N) is 5. The highest BCUT2D eigenvalue weighted by atomic mass is 16.6. The molecule has 1 saturated heterocycles. The molecule has 4 rings (SSSR count). The predicted octanol–water partition coefficient (Wildman–Crippen LogP) is 1.56. The zero-order valence-electron chi connectivity index (χ0n) is 17.5. The second-order valence-corrected chi connectivity index (χ2v) is 7.72. The standard InChI is InChI=1S/C22H24N6O4/c23-8-6-16-13-27(10-11-28(16)22(31)32-14-15-4-2-1-3-5-15)20-17-7-9-24-12-18(17)25-19(26-20)21(29)30/h1-5,16,24H,6-7,9-14H2,(H,29,30). The van der Waals surface area contributed by atoms with Gasteiger partial charge in [-0.2, -0.15) is 5.26 Å². The number of nitrogens with one attached hydrogen (secondary N) is 1. The Kier molecular flexibility index (Phi) is 6.47. The van der Waals surface area contributed by atoms with Gasteiger partial charge >= 0.3 is 12.1 Å². The van der Waals surface area contributed by atoms with Gasteiger partial charge in [-0.05, 0) is 18.5 Å². The molecule has 1 unspecified atom stereocenters. The molecule has 2 aliphatic rings. The number of amides is 1. The summed E-state index contributed by atoms with van der Waals surface area (Å²) in [5, 5.41) is 22.0. The summed E-state index contributed by atoms with van der Waals surface area (Å²) in [6.45, 7) is 2.57. The second kappa shape index (κ2) is 9.62. The van der Waals surface area contributed by atoms with E-state index in [1.807, 2.05) is 35.2 Å². The summed E-state index contributed by atoms with van der Waals surface area (Å²) >= 11 is 0. The summed E-state index contributed by atoms with van der Waals surface area (Å²) in [6.07, 6.45) is 0.360. The average Bonchev–Trinajstić information content (AvgIpc) is 2.82. The minimum absolute atomic E-state index is 0.136. The summed E-state index contributed by atoms with van der Waals surface area (Å²) < 4.78 is 5.47. The van der Waals surface area contributed by atoms with Crippen LogP contribution in [0.4, 0.5) is 10.6 Å². The molecule has 1 amide bonds. The fourth-order valence-electron chi connectivity index (χ4n) is 4.07. The normalized spacial score (nSPS) is 17.9. The van der Waals surface area contributed by atoms with E-state index in [1.165, 1.54) is 0 Å². The quantitative estimate of drug-likeness (QED) is 0.716. The molecule has 1 aromatic carbocycles. The Morgan fingerprint density at radius 1 is 1.25 bits per heavy atom. The number of carboxylic acid groups (broad SMARTS) is 1. The Balaban J connectivity index is 1.52. The molecule has 166 valence electrons. The topological polar surface area (TPSA) is 132 Å². The molecule has 2 aromatic rings. The molecule has 2 N–H and O–H groups in total. The number of anilines is 1. The van der Waals surface area contributed by atoms with Gasteiger partial charge in [0.25, 0.3) is 0 Å². The first kappa shape index (κ1) is 21.5. The van der Waals surface area contributed by atoms with Crippen molar-refractivity contribution in [3.05, 3.63) is 53.0 Å². The van der Waals surface area contributed by atoms with Crippen molar-refractivity contribution in [1.82, 2.24) is 20.2 Å². The smallest absolute Gasteiger partial charge is 0.410 e. The lowest BCUT2D eigenvalue weighted by Crippen LogP contribution is -2.56. The first-order valence-electron chi connectivity index (χ1n) is 10.5. The van der Waals surface area contributed by atoms with Gasteiger partial charge in [0.15, 0.2) is 0 Å². The second-order valence-electron chi connectivity index (χ2n) is 7.72. The zero-order chi connectivity index (χ0) is 22.5. The van der Waals surface area contributed by atoms with Gasteiger partial charge in [0.1, 0.15) is 12.4 Å². The minimum Gasteiger partial charge on any atom is -0.475 e. The van der Waals surface area contributed by atoms with Crippen LogP contribution in [0.15, 0.2) is 30.3 Å². The number of carbonyl (C=O) groups excluding carboxylic acids is 1. The molecule has 32 heavy (non-hydrogen) atoms. The fraction of sp³-hybridized carbons (Fsp3) is 0.409. The summed E-state index contributed by atoms with van der Waals surface area (Å²) in [7, 11) is 0. The molecule has 0 saturated carbocycles. The van der Waals surface area contributed by atoms with Crippen LogP contribution in [0.1, 0.15) is 33.9 Å². The number of nitriles is 1. The first-order chi connectivity index (χ1) is 15.6. The molecule has 1 aromatic heterocycles. The van der Waals surface area contributed by atoms with E-state index in [4.69, 9.17) is 4.74 Å². The lowest BCUT2D eigenvalue weighted by molar-refractivity contribution is 0.0683. The number of aromatic nitrogens is 2. The number of fused-ring (bicyclic) bond motifs is 1. The van der Waals surface area contributed by atoms with Gasteiger partial charge in [-0.15, -0.1) is 0 Å². The van der Waals surface area contributed by atoms with Crippen LogP contribution in [-0.4, -0.2) is 64.3 Å². The molecule has 1 fully saturated rings. The van der Waals surface area contributed by atoms with Crippen molar-refractivity contribution >= 4 is 17.9 Å². The number of piperazine rings is 1. The van der Waals surface area contributed by atoms with Crippen molar-refractivity contribution in [3.8, 4) is 6.07 Å². The molecule has 0 radical (unpaired) electrons. The van der Waals surface area contributed by atoms with E-state index in [1.54, 1.807) is 4.90 Å². The first-order valence-corrected chi connectivity index (χ1v) is 10.5. The van der Waals surface area contributed by atoms with Crippen molar-refractivity contribution < 1.29 is 19.4 Å². The Hall–Kier alpha value is -3.71. The van der Waals surface area contributed by atoms with Crippen molar-refractivity contribution in [2.24, 2.45) is 0 Å². The van der Waals surface area contributed by atoms with E-state index in [0.717, 1.165) is 17.7 Å². The van der Waals surface area contributed by atoms with E-state index < -0.39 is 18.1 Å². The van der Waals surface area contributed by atoms with Gasteiger partial charge < -0.3 is 25.0 Å². The summed E-state index contributed by atoms with van der Waals surface area (Å²) in [6, 6.07) is 11.2. The number of hydrogen-bond donors (Lipinski definition) is 2. The molecule has 10 heteroatoms. The Bertz CT molecular complexity index is 1040. The van der Waals surface area contributed by atoms with Crippen LogP contribution < -0.4 is 10.2 Å². The summed E-state index contributed by atoms with van der Waals surface area (Å²) in [5.74, 6) is -0.852. The SMILES string of the molecule is N#CCC1CN(c2nc(C(=O)O)nc3c2CCNC3)CCN1C(=O)OCc1ccccc1. The van der Waals surface area contributed by atoms with E-state index >= 15 is 0 Å². The number of carboxylic acids is 1. The Labute approximate surface area is 185 Å². The molecule has 2 aliphatic heterocycles. The van der Waals surface area contributed by atoms with Crippen LogP contribution in [0.25, 0.3) is 0 Å². The molecule has 0 bridgehead atoms. The van der Waals surface area contributed by atoms with Gasteiger partial charge in [-0.25, -0.2) is 19.6 Å². The highest BCUT2D eigenvalue weighted by Crippen LogP contribution is 2.27. The Morgan fingerprint density at radius 3 is 2.81 bits per heavy atom. The van der Waals surface area contributed by atoms with Crippen LogP contribution in [-0.2, 0) is 24.3 Å². The lowest BCUT2D eigenvalue weighted by atomic mass is 10.0. The summed E-state index contributed by atoms with van der Waals surface area (Å²) in [4.78, 5) is 36.3. The summed E-state index contributed by atoms with van der Waals surface area (Å²) in [5.41, 5.74) is 2.49. The molecule has 0 aliphatic carbocycles. The van der Waals surface area contributed by atoms with E-state index in [-0.39, 0.29) is 18.9 Å². The molecule has 0 spiro atoms. The predicted molar refractivity (Wildman–Crippen MR) is 114 cm³/mol. The monoisotopic (exact) mass is 436 g/mol. The molecule has 3 heterocycles. The maximum Gasteiger partial charge on any atom is 0.410 e. The van der Waals surface area contributed by atoms with Crippen LogP contribution >= 0.6 is 0 Å². The highest BCUT2D eigenvalue weighted by molar-refractivity contribution is 5.84. The third kappa shape index (κ3) is 4.63. The van der Waals surface area contributed by atoms with Gasteiger partial charge in [0.2, 0.25) is 5.82 Å². The lowest BCUT2D eigenvalue weighted by Gasteiger charge is -2.41. The third-order valence-electron chi connectivity index (χ3n) is 5.66. The zero-order valence-corrected chi connectivity index (χ0v) is 17.5. The van der Waals surface area contributed by atoms with E-state index in [0.29, 0.717) is 44.1 Å². The average molecular weight is 436 g/mol. The molecular weight excluding hydrogens is 412 g/mol. The van der Waals surface area contributed by atoms with Crippen molar-refractivity contribution in [2.45, 2.75) is 32.0 Å². The largest absolute Gasteiger partial charge is 0.475 e. The number of carbonyl (C=O) groups is 2. The van der Waals surface area contributed by atoms with Gasteiger partial charge in [-0.3, -0.25) is 0 Å². The van der Waals surface area contributed by atoms with Gasteiger partial charge in [-0.1, -0.05) is 30.3 Å². The number of aromatic carboxylic acids is 1. The Morgan fingerprint density at radius 2 is 2.06 bits per heavy atom. The fourth-order valence-corrected chi connectivity index (χ4v) is 4.07.